The van der Waals surface area contributed by atoms with E-state index in [0.29, 0.717) is 12.1 Å². The summed E-state index contributed by atoms with van der Waals surface area (Å²) in [5.41, 5.74) is 1.41. The highest BCUT2D eigenvalue weighted by atomic mass is 79.9. The van der Waals surface area contributed by atoms with Crippen molar-refractivity contribution in [3.05, 3.63) is 51.9 Å². The van der Waals surface area contributed by atoms with E-state index in [1.807, 2.05) is 37.3 Å². The summed E-state index contributed by atoms with van der Waals surface area (Å²) in [6.07, 6.45) is 0. The third kappa shape index (κ3) is 2.69. The van der Waals surface area contributed by atoms with Gasteiger partial charge in [-0.1, -0.05) is 6.07 Å². The van der Waals surface area contributed by atoms with Gasteiger partial charge in [0.2, 0.25) is 0 Å². The van der Waals surface area contributed by atoms with Crippen molar-refractivity contribution in [1.82, 2.24) is 0 Å². The van der Waals surface area contributed by atoms with Gasteiger partial charge in [0.25, 0.3) is 0 Å². The maximum Gasteiger partial charge on any atom is 0.123 e. The van der Waals surface area contributed by atoms with Crippen LogP contribution in [0.1, 0.15) is 17.1 Å². The van der Waals surface area contributed by atoms with Crippen LogP contribution in [0.25, 0.3) is 0 Å². The summed E-state index contributed by atoms with van der Waals surface area (Å²) in [4.78, 5) is 0. The van der Waals surface area contributed by atoms with E-state index >= 15 is 0 Å². The van der Waals surface area contributed by atoms with Gasteiger partial charge in [0.1, 0.15) is 17.6 Å². The predicted octanol–water partition coefficient (Wildman–Crippen LogP) is 3.83. The van der Waals surface area contributed by atoms with Crippen LogP contribution in [0.15, 0.2) is 39.2 Å². The highest BCUT2D eigenvalue weighted by Gasteiger charge is 2.06. The van der Waals surface area contributed by atoms with Crippen molar-refractivity contribution in [3.8, 4) is 6.07 Å². The van der Waals surface area contributed by atoms with Crippen LogP contribution in [-0.4, -0.2) is 0 Å². The molecule has 1 N–H and O–H groups in total. The average molecular weight is 291 g/mol. The first-order valence-corrected chi connectivity index (χ1v) is 5.98. The summed E-state index contributed by atoms with van der Waals surface area (Å²) in [5, 5.41) is 12.2. The fourth-order valence-corrected chi connectivity index (χ4v) is 2.00. The molecule has 0 bridgehead atoms. The lowest BCUT2D eigenvalue weighted by atomic mass is 10.2. The van der Waals surface area contributed by atoms with Crippen molar-refractivity contribution in [3.63, 3.8) is 0 Å². The molecule has 0 amide bonds. The highest BCUT2D eigenvalue weighted by Crippen LogP contribution is 2.24. The number of halogens is 1. The second-order valence-electron chi connectivity index (χ2n) is 3.64. The lowest BCUT2D eigenvalue weighted by Gasteiger charge is -2.07. The molecule has 1 aromatic heterocycles. The molecule has 17 heavy (non-hydrogen) atoms. The molecule has 0 aliphatic rings. The molecule has 2 aromatic rings. The van der Waals surface area contributed by atoms with E-state index in [0.717, 1.165) is 21.7 Å². The van der Waals surface area contributed by atoms with E-state index in [1.165, 1.54) is 0 Å². The summed E-state index contributed by atoms with van der Waals surface area (Å²) in [5.74, 6) is 1.74. The van der Waals surface area contributed by atoms with Crippen molar-refractivity contribution in [2.24, 2.45) is 0 Å². The Morgan fingerprint density at radius 1 is 1.35 bits per heavy atom. The number of nitriles is 1. The Morgan fingerprint density at radius 2 is 2.18 bits per heavy atom. The number of nitrogens with one attached hydrogen (secondary N) is 1. The van der Waals surface area contributed by atoms with Crippen molar-refractivity contribution in [2.75, 3.05) is 5.32 Å². The van der Waals surface area contributed by atoms with E-state index in [4.69, 9.17) is 9.68 Å². The van der Waals surface area contributed by atoms with E-state index in [1.54, 1.807) is 0 Å². The molecule has 0 unspecified atom stereocenters. The third-order valence-corrected chi connectivity index (χ3v) is 3.04. The normalized spacial score (nSPS) is 9.94. The SMILES string of the molecule is Cc1ccc(CNc2cccc(Br)c2C#N)o1. The molecule has 0 aliphatic carbocycles. The number of hydrogen-bond acceptors (Lipinski definition) is 3. The van der Waals surface area contributed by atoms with Crippen LogP contribution < -0.4 is 5.32 Å². The zero-order valence-electron chi connectivity index (χ0n) is 9.33. The highest BCUT2D eigenvalue weighted by molar-refractivity contribution is 9.10. The summed E-state index contributed by atoms with van der Waals surface area (Å²) < 4.78 is 6.24. The first kappa shape index (κ1) is 11.7. The molecular formula is C13H11BrN2O. The minimum atomic E-state index is 0.568. The number of furan rings is 1. The van der Waals surface area contributed by atoms with Crippen LogP contribution in [0.4, 0.5) is 5.69 Å². The molecule has 2 rings (SSSR count). The molecule has 0 fully saturated rings. The number of hydrogen-bond donors (Lipinski definition) is 1. The topological polar surface area (TPSA) is 49.0 Å². The zero-order valence-corrected chi connectivity index (χ0v) is 10.9. The first-order valence-electron chi connectivity index (χ1n) is 5.18. The number of benzene rings is 1. The number of nitrogens with zero attached hydrogens (tertiary/aromatic N) is 1. The largest absolute Gasteiger partial charge is 0.465 e. The van der Waals surface area contributed by atoms with Gasteiger partial charge in [-0.3, -0.25) is 0 Å². The predicted molar refractivity (Wildman–Crippen MR) is 69.6 cm³/mol. The van der Waals surface area contributed by atoms with Gasteiger partial charge < -0.3 is 9.73 Å². The van der Waals surface area contributed by atoms with Crippen LogP contribution in [0.5, 0.6) is 0 Å². The Labute approximate surface area is 108 Å². The molecule has 0 spiro atoms. The van der Waals surface area contributed by atoms with Gasteiger partial charge in [0, 0.05) is 4.47 Å². The molecule has 0 saturated heterocycles. The molecule has 3 nitrogen and oxygen atoms in total. The van der Waals surface area contributed by atoms with Crippen LogP contribution in [0, 0.1) is 18.3 Å². The summed E-state index contributed by atoms with van der Waals surface area (Å²) >= 11 is 3.35. The Kier molecular flexibility index (Phi) is 3.50. The number of rotatable bonds is 3. The van der Waals surface area contributed by atoms with Crippen molar-refractivity contribution >= 4 is 21.6 Å². The summed E-state index contributed by atoms with van der Waals surface area (Å²) in [6.45, 7) is 2.47. The van der Waals surface area contributed by atoms with E-state index in [9.17, 15) is 0 Å². The Bertz CT molecular complexity index is 569. The molecule has 0 atom stereocenters. The lowest BCUT2D eigenvalue weighted by Crippen LogP contribution is -2.00. The van der Waals surface area contributed by atoms with Crippen LogP contribution in [0.3, 0.4) is 0 Å². The summed E-state index contributed by atoms with van der Waals surface area (Å²) in [6, 6.07) is 11.6. The maximum atomic E-state index is 9.06. The second-order valence-corrected chi connectivity index (χ2v) is 4.49. The van der Waals surface area contributed by atoms with Gasteiger partial charge >= 0.3 is 0 Å². The number of anilines is 1. The van der Waals surface area contributed by atoms with E-state index < -0.39 is 0 Å². The van der Waals surface area contributed by atoms with Gasteiger partial charge in [-0.25, -0.2) is 0 Å². The Morgan fingerprint density at radius 3 is 2.82 bits per heavy atom. The van der Waals surface area contributed by atoms with Crippen LogP contribution in [0.2, 0.25) is 0 Å². The summed E-state index contributed by atoms with van der Waals surface area (Å²) in [7, 11) is 0. The molecule has 86 valence electrons. The molecule has 4 heteroatoms. The third-order valence-electron chi connectivity index (χ3n) is 2.37. The first-order chi connectivity index (χ1) is 8.20. The van der Waals surface area contributed by atoms with E-state index in [-0.39, 0.29) is 0 Å². The maximum absolute atomic E-state index is 9.06. The minimum absolute atomic E-state index is 0.568. The van der Waals surface area contributed by atoms with Crippen molar-refractivity contribution in [1.29, 1.82) is 5.26 Å². The van der Waals surface area contributed by atoms with Gasteiger partial charge in [-0.2, -0.15) is 5.26 Å². The number of aryl methyl sites for hydroxylation is 1. The van der Waals surface area contributed by atoms with Gasteiger partial charge in [0.05, 0.1) is 17.8 Å². The fourth-order valence-electron chi connectivity index (χ4n) is 1.55. The van der Waals surface area contributed by atoms with Crippen molar-refractivity contribution < 1.29 is 4.42 Å². The molecule has 0 radical (unpaired) electrons. The minimum Gasteiger partial charge on any atom is -0.465 e. The lowest BCUT2D eigenvalue weighted by molar-refractivity contribution is 0.490. The van der Waals surface area contributed by atoms with Gasteiger partial charge in [-0.15, -0.1) is 0 Å². The second kappa shape index (κ2) is 5.07. The fraction of sp³-hybridized carbons (Fsp3) is 0.154. The Balaban J connectivity index is 2.14. The smallest absolute Gasteiger partial charge is 0.123 e. The molecule has 1 heterocycles. The molecule has 0 aliphatic heterocycles. The van der Waals surface area contributed by atoms with E-state index in [2.05, 4.69) is 27.3 Å². The van der Waals surface area contributed by atoms with Gasteiger partial charge in [-0.05, 0) is 47.1 Å². The van der Waals surface area contributed by atoms with Crippen LogP contribution in [-0.2, 0) is 6.54 Å². The molecule has 0 saturated carbocycles. The van der Waals surface area contributed by atoms with Crippen LogP contribution >= 0.6 is 15.9 Å². The average Bonchev–Trinajstić information content (AvgIpc) is 2.72. The standard InChI is InChI=1S/C13H11BrN2O/c1-9-5-6-10(17-9)8-16-13-4-2-3-12(14)11(13)7-15/h2-6,16H,8H2,1H3. The molecule has 1 aromatic carbocycles. The van der Waals surface area contributed by atoms with Crippen molar-refractivity contribution in [2.45, 2.75) is 13.5 Å². The molecular weight excluding hydrogens is 280 g/mol. The Hall–Kier alpha value is -1.73. The zero-order chi connectivity index (χ0) is 12.3. The van der Waals surface area contributed by atoms with Gasteiger partial charge in [0.15, 0.2) is 0 Å². The quantitative estimate of drug-likeness (QED) is 0.934. The monoisotopic (exact) mass is 290 g/mol.